The van der Waals surface area contributed by atoms with Crippen molar-refractivity contribution in [1.82, 2.24) is 39.1 Å². The third-order valence-corrected chi connectivity index (χ3v) is 44.4. The molecule has 16 aliphatic carbocycles. The summed E-state index contributed by atoms with van der Waals surface area (Å²) >= 11 is 0. The second kappa shape index (κ2) is 36.6. The van der Waals surface area contributed by atoms with Gasteiger partial charge in [-0.3, -0.25) is 28.5 Å². The number of ether oxygens (including phenoxy) is 3. The van der Waals surface area contributed by atoms with E-state index < -0.39 is 16.8 Å². The van der Waals surface area contributed by atoms with Gasteiger partial charge >= 0.3 is 0 Å². The molecular formula is C116H170N8O11. The van der Waals surface area contributed by atoms with Crippen LogP contribution in [-0.4, -0.2) is 138 Å². The van der Waals surface area contributed by atoms with Gasteiger partial charge in [-0.25, -0.2) is 0 Å². The second-order valence-corrected chi connectivity index (χ2v) is 51.3. The van der Waals surface area contributed by atoms with E-state index in [1.165, 1.54) is 149 Å². The van der Waals surface area contributed by atoms with Gasteiger partial charge in [0.2, 0.25) is 0 Å². The van der Waals surface area contributed by atoms with E-state index in [9.17, 15) is 39.6 Å². The highest BCUT2D eigenvalue weighted by Crippen LogP contribution is 2.74. The Kier molecular flexibility index (Phi) is 26.5. The summed E-state index contributed by atoms with van der Waals surface area (Å²) in [7, 11) is 1.75. The highest BCUT2D eigenvalue weighted by atomic mass is 16.5. The first-order valence-electron chi connectivity index (χ1n) is 54.4. The lowest BCUT2D eigenvalue weighted by molar-refractivity contribution is -0.198. The van der Waals surface area contributed by atoms with E-state index in [0.717, 1.165) is 131 Å². The maximum Gasteiger partial charge on any atom is 0.159 e. The molecule has 16 aliphatic rings. The minimum absolute atomic E-state index is 0.0287. The number of aliphatic hydroxyl groups is 4. The molecule has 135 heavy (non-hydrogen) atoms. The van der Waals surface area contributed by atoms with Crippen LogP contribution in [0.2, 0.25) is 0 Å². The number of nitrogens with zero attached hydrogens (tertiary/aromatic N) is 8. The van der Waals surface area contributed by atoms with E-state index in [1.807, 2.05) is 50.8 Å². The molecule has 2 aromatic carbocycles. The zero-order valence-electron chi connectivity index (χ0n) is 85.5. The van der Waals surface area contributed by atoms with Crippen LogP contribution in [0.1, 0.15) is 325 Å². The number of benzene rings is 2. The Morgan fingerprint density at radius 2 is 0.867 bits per heavy atom. The SMILES string of the molecule is C=C(OCC)c1ccn(CC(=O)[C@H]2CC[C@H]3[C@@H]4CC[C@H]5C[C@H](O)[C@@H](OCC)C[C@]5(C)[C@H]4CC[C@]23C)n1.CO[C@H]1C[C@@]2(C)[C@@H](CC[C@@H]3[C@@H]2CC[C@]2(C)[C@@H](C(=O)Cn4nccn4)CC[C@@H]32)C[C@@]1(C)O.Cc1ccc2c(ccn2CC(=O)[C@H]2CC[C@H]3[C@@H]4CC[C@@H]5C[C@](C)(O)CC[C@]5(C)[C@H]4CC[C@]23C)c1.Cc1ccc2nn(CC(=O)[C@H]3CC[C@H]4[C@@H]5CC[C@@H]6C[C@](C)(O)CC[C@]6(C)[C@H]5CC[C@]34C)cc2c1. The smallest absolute Gasteiger partial charge is 0.159 e. The Morgan fingerprint density at radius 1 is 0.430 bits per heavy atom. The number of aliphatic hydroxyl groups excluding tert-OH is 1. The average molecular weight is 1850 g/mol. The summed E-state index contributed by atoms with van der Waals surface area (Å²) in [5, 5.41) is 63.2. The van der Waals surface area contributed by atoms with Gasteiger partial charge in [0.05, 0.1) is 79.3 Å². The lowest BCUT2D eigenvalue weighted by Gasteiger charge is -2.63. The number of aromatic nitrogens is 8. The van der Waals surface area contributed by atoms with E-state index in [2.05, 4.69) is 151 Å². The number of aryl methyl sites for hydroxylation is 2. The second-order valence-electron chi connectivity index (χ2n) is 51.3. The van der Waals surface area contributed by atoms with Gasteiger partial charge in [-0.1, -0.05) is 85.2 Å². The summed E-state index contributed by atoms with van der Waals surface area (Å²) in [5.41, 5.74) is 5.43. The molecule has 19 nitrogen and oxygen atoms in total. The molecule has 0 amide bonds. The number of methoxy groups -OCH3 is 1. The molecule has 0 aliphatic heterocycles. The third kappa shape index (κ3) is 17.3. The van der Waals surface area contributed by atoms with Gasteiger partial charge < -0.3 is 39.2 Å². The number of fused-ring (bicyclic) bond motifs is 22. The molecule has 6 aromatic rings. The number of carbonyl (C=O) groups is 4. The number of carbonyl (C=O) groups excluding carboxylic acids is 4. The van der Waals surface area contributed by atoms with Crippen molar-refractivity contribution >= 4 is 50.7 Å². The molecule has 740 valence electrons. The molecule has 34 atom stereocenters. The number of hydrogen-bond donors (Lipinski definition) is 4. The van der Waals surface area contributed by atoms with Crippen LogP contribution in [0.3, 0.4) is 0 Å². The zero-order valence-corrected chi connectivity index (χ0v) is 85.5. The van der Waals surface area contributed by atoms with Crippen LogP contribution in [0, 0.1) is 176 Å². The first-order valence-corrected chi connectivity index (χ1v) is 54.4. The first kappa shape index (κ1) is 97.6. The van der Waals surface area contributed by atoms with E-state index >= 15 is 0 Å². The van der Waals surface area contributed by atoms with Crippen LogP contribution >= 0.6 is 0 Å². The maximum absolute atomic E-state index is 13.8. The molecular weight excluding hydrogens is 1680 g/mol. The van der Waals surface area contributed by atoms with Crippen LogP contribution in [0.15, 0.2) is 86.1 Å². The fourth-order valence-corrected chi connectivity index (χ4v) is 37.4. The first-order chi connectivity index (χ1) is 64.1. The molecule has 4 aromatic heterocycles. The van der Waals surface area contributed by atoms with E-state index in [4.69, 9.17) is 19.3 Å². The van der Waals surface area contributed by atoms with Crippen LogP contribution in [0.5, 0.6) is 0 Å². The van der Waals surface area contributed by atoms with E-state index in [0.29, 0.717) is 156 Å². The number of hydrogen-bond acceptors (Lipinski definition) is 15. The summed E-state index contributed by atoms with van der Waals surface area (Å²) in [4.78, 5) is 55.8. The Hall–Kier alpha value is -6.22. The average Bonchev–Trinajstić information content (AvgIpc) is 1.68. The summed E-state index contributed by atoms with van der Waals surface area (Å²) in [6.45, 7) is 40.8. The Labute approximate surface area is 807 Å². The van der Waals surface area contributed by atoms with Crippen molar-refractivity contribution in [2.75, 3.05) is 20.3 Å². The Bertz CT molecular complexity index is 5300. The van der Waals surface area contributed by atoms with Crippen molar-refractivity contribution in [3.8, 4) is 0 Å². The highest BCUT2D eigenvalue weighted by Gasteiger charge is 2.68. The summed E-state index contributed by atoms with van der Waals surface area (Å²) in [6.07, 6.45) is 47.4. The molecule has 16 fully saturated rings. The summed E-state index contributed by atoms with van der Waals surface area (Å²) in [6, 6.07) is 16.9. The quantitative estimate of drug-likeness (QED) is 0.0584. The minimum atomic E-state index is -0.722. The van der Waals surface area contributed by atoms with Gasteiger partial charge in [-0.15, -0.1) is 0 Å². The maximum atomic E-state index is 13.8. The zero-order chi connectivity index (χ0) is 95.4. The van der Waals surface area contributed by atoms with Gasteiger partial charge in [0.25, 0.3) is 0 Å². The fourth-order valence-electron chi connectivity index (χ4n) is 37.4. The van der Waals surface area contributed by atoms with Crippen molar-refractivity contribution in [3.63, 3.8) is 0 Å². The van der Waals surface area contributed by atoms with Gasteiger partial charge in [0.15, 0.2) is 23.1 Å². The number of rotatable bonds is 18. The lowest BCUT2D eigenvalue weighted by Crippen LogP contribution is -2.60. The molecule has 16 saturated carbocycles. The fraction of sp³-hybridized carbons (Fsp3) is 0.776. The van der Waals surface area contributed by atoms with Crippen LogP contribution in [-0.2, 0) is 59.6 Å². The van der Waals surface area contributed by atoms with Crippen LogP contribution in [0.25, 0.3) is 27.6 Å². The topological polar surface area (TPSA) is 248 Å². The standard InChI is InChI=1S/C31H43NO2.C30H46N2O4.C30H42N2O2.C25H39N3O3/c1-20-5-10-27-21(17-20)12-16-32(27)19-28(33)26-9-8-24-23-7-6-22-18-29(2,34)14-15-30(22,3)25(23)11-13-31(24,26)4;1-6-35-19(3)25-13-15-32(31-25)18-27(34)24-11-10-22-21-9-8-20-16-26(33)28(36-7-2)17-30(20,5)23(21)12-14-29(22,24)4;1-19-5-10-26-20(15-19)17-32(31-26)18-27(33)25-9-8-23-22-7-6-21-16-28(2,34)13-14-29(21,3)24(22)11-12-30(23,25)4;1-23-10-9-19-17(6-5-16-13-25(3,30)22(31-4)14-24(16,19)2)18(23)7-8-20(23)21(29)15-28-26-11-12-27-28/h5,10,12,16-17,22-26,34H,6-9,11,13-15,18-19H2,1-4H3;13,15,20-24,26,28,33H,3,6-12,14,16-18H2,1-2,4-5H3;5,10,15,17,21-25,34H,6-9,11-14,16,18H2,1-4H3;11-12,16-20,22,30H,5-10,13-15H2,1-4H3/t22-,23+,24+,25+,26-,29-,30+,31+;20-,21-,22-,23-,24+,26-,28-,29-,30-;21-,22+,23+,24+,25-,28-,29+,30+;16-,17-,18-,19-,20+,22-,23-,24-,25+/m1010/s1. The van der Waals surface area contributed by atoms with Gasteiger partial charge in [0.1, 0.15) is 18.0 Å². The van der Waals surface area contributed by atoms with Gasteiger partial charge in [-0.05, 0) is 447 Å². The monoisotopic (exact) mass is 1850 g/mol. The van der Waals surface area contributed by atoms with Crippen molar-refractivity contribution in [2.45, 2.75) is 383 Å². The van der Waals surface area contributed by atoms with Gasteiger partial charge in [0, 0.05) is 66.9 Å². The largest absolute Gasteiger partial charge is 0.492 e. The number of Topliss-reactive ketones (excluding diaryl/α,β-unsaturated/α-hetero) is 4. The predicted molar refractivity (Wildman–Crippen MR) is 530 cm³/mol. The molecule has 4 N–H and O–H groups in total. The normalized spacial score (nSPS) is 44.5. The molecule has 19 heteroatoms. The lowest BCUT2D eigenvalue weighted by atomic mass is 9.43. The molecule has 0 bridgehead atoms. The van der Waals surface area contributed by atoms with Crippen molar-refractivity contribution < 1.29 is 53.8 Å². The minimum Gasteiger partial charge on any atom is -0.492 e. The molecule has 0 spiro atoms. The molecule has 0 saturated heterocycles. The van der Waals surface area contributed by atoms with Gasteiger partial charge in [-0.2, -0.15) is 25.2 Å². The van der Waals surface area contributed by atoms with E-state index in [1.54, 1.807) is 24.2 Å². The van der Waals surface area contributed by atoms with E-state index in [-0.39, 0.29) is 74.5 Å². The summed E-state index contributed by atoms with van der Waals surface area (Å²) in [5.74, 6) is 13.6. The molecule has 22 rings (SSSR count). The third-order valence-electron chi connectivity index (χ3n) is 44.4. The Balaban J connectivity index is 0.000000116. The molecule has 4 heterocycles. The molecule has 0 unspecified atom stereocenters. The van der Waals surface area contributed by atoms with Crippen molar-refractivity contribution in [1.29, 1.82) is 0 Å². The van der Waals surface area contributed by atoms with Crippen molar-refractivity contribution in [3.05, 3.63) is 103 Å². The Morgan fingerprint density at radius 3 is 1.36 bits per heavy atom. The summed E-state index contributed by atoms with van der Waals surface area (Å²) < 4.78 is 23.1. The van der Waals surface area contributed by atoms with Crippen molar-refractivity contribution in [2.24, 2.45) is 162 Å². The number of ketones is 4. The van der Waals surface area contributed by atoms with Crippen LogP contribution in [0.4, 0.5) is 0 Å². The highest BCUT2D eigenvalue weighted by molar-refractivity contribution is 5.87. The molecule has 0 radical (unpaired) electrons. The van der Waals surface area contributed by atoms with Crippen LogP contribution < -0.4 is 0 Å². The predicted octanol–water partition coefficient (Wildman–Crippen LogP) is 22.6.